The summed E-state index contributed by atoms with van der Waals surface area (Å²) in [4.78, 5) is 2.48. The molecule has 3 aromatic carbocycles. The van der Waals surface area contributed by atoms with Crippen LogP contribution in [0.25, 0.3) is 11.1 Å². The number of phenolic OH excluding ortho intramolecular Hbond substituents is 2. The molecule has 39 heavy (non-hydrogen) atoms. The second kappa shape index (κ2) is 10.6. The van der Waals surface area contributed by atoms with Crippen LogP contribution in [0.5, 0.6) is 23.0 Å². The van der Waals surface area contributed by atoms with Crippen LogP contribution >= 0.6 is 0 Å². The number of likely N-dealkylation sites (tertiary alicyclic amines) is 1. The summed E-state index contributed by atoms with van der Waals surface area (Å²) in [6, 6.07) is 17.1. The second-order valence-corrected chi connectivity index (χ2v) is 12.8. The number of rotatable bonds is 7. The normalized spacial score (nSPS) is 20.4. The summed E-state index contributed by atoms with van der Waals surface area (Å²) in [5, 5.41) is 20.3. The average Bonchev–Trinajstić information content (AvgIpc) is 3.33. The van der Waals surface area contributed by atoms with Crippen LogP contribution in [-0.4, -0.2) is 55.5 Å². The largest absolute Gasteiger partial charge is 0.508 e. The van der Waals surface area contributed by atoms with Gasteiger partial charge in [0.2, 0.25) is 0 Å². The predicted molar refractivity (Wildman–Crippen MR) is 152 cm³/mol. The summed E-state index contributed by atoms with van der Waals surface area (Å²) in [5.41, 5.74) is 3.74. The summed E-state index contributed by atoms with van der Waals surface area (Å²) < 4.78 is 38.4. The predicted octanol–water partition coefficient (Wildman–Crippen LogP) is 5.67. The molecule has 1 fully saturated rings. The van der Waals surface area contributed by atoms with Gasteiger partial charge in [0, 0.05) is 30.0 Å². The summed E-state index contributed by atoms with van der Waals surface area (Å²) >= 11 is 0. The lowest BCUT2D eigenvalue weighted by atomic mass is 9.86. The van der Waals surface area contributed by atoms with E-state index in [2.05, 4.69) is 18.7 Å². The highest BCUT2D eigenvalue weighted by Gasteiger charge is 2.31. The topological polar surface area (TPSA) is 96.3 Å². The minimum atomic E-state index is -3.62. The molecule has 3 aromatic rings. The molecular weight excluding hydrogens is 514 g/mol. The lowest BCUT2D eigenvalue weighted by Gasteiger charge is -2.31. The van der Waals surface area contributed by atoms with Gasteiger partial charge in [-0.15, -0.1) is 0 Å². The van der Waals surface area contributed by atoms with Crippen molar-refractivity contribution in [3.63, 3.8) is 0 Å². The highest BCUT2D eigenvalue weighted by atomic mass is 32.2. The van der Waals surface area contributed by atoms with Crippen molar-refractivity contribution in [3.8, 4) is 23.0 Å². The second-order valence-electron chi connectivity index (χ2n) is 10.8. The Balaban J connectivity index is 1.54. The molecule has 1 saturated heterocycles. The van der Waals surface area contributed by atoms with E-state index >= 15 is 0 Å². The van der Waals surface area contributed by atoms with E-state index in [9.17, 15) is 18.6 Å². The first kappa shape index (κ1) is 27.1. The first-order chi connectivity index (χ1) is 18.5. The van der Waals surface area contributed by atoms with E-state index < -0.39 is 15.9 Å². The fraction of sp³-hybridized carbons (Fsp3) is 0.355. The van der Waals surface area contributed by atoms with E-state index in [4.69, 9.17) is 9.47 Å². The quantitative estimate of drug-likeness (QED) is 0.392. The summed E-state index contributed by atoms with van der Waals surface area (Å²) in [5.74, 6) is 1.77. The van der Waals surface area contributed by atoms with Crippen molar-refractivity contribution in [2.45, 2.75) is 44.2 Å². The fourth-order valence-corrected chi connectivity index (χ4v) is 6.34. The molecule has 2 aliphatic heterocycles. The van der Waals surface area contributed by atoms with Gasteiger partial charge in [-0.3, -0.25) is 4.90 Å². The van der Waals surface area contributed by atoms with E-state index in [0.717, 1.165) is 41.8 Å². The molecule has 0 aliphatic carbocycles. The first-order valence-electron chi connectivity index (χ1n) is 13.2. The molecule has 206 valence electrons. The lowest BCUT2D eigenvalue weighted by Crippen LogP contribution is -2.35. The van der Waals surface area contributed by atoms with Crippen molar-refractivity contribution in [2.24, 2.45) is 5.92 Å². The van der Waals surface area contributed by atoms with Crippen LogP contribution in [0.15, 0.2) is 65.6 Å². The molecule has 1 unspecified atom stereocenters. The number of sulfone groups is 1. The number of hydrogen-bond acceptors (Lipinski definition) is 7. The minimum absolute atomic E-state index is 0.106. The standard InChI is InChI=1S/C31H35NO6S/c1-19-12-13-32(17-19)20(2)18-37-28-10-8-23(15-29(28)39(4,35)36)31-30(22-6-5-7-24(33)14-22)21(3)26-16-25(34)9-11-27(26)38-31/h5-11,14-16,19-20,31,33-34H,12-13,17-18H2,1-4H3/t19-,20+,31?/m1/s1. The molecule has 0 radical (unpaired) electrons. The lowest BCUT2D eigenvalue weighted by molar-refractivity contribution is 0.166. The van der Waals surface area contributed by atoms with Gasteiger partial charge in [0.1, 0.15) is 40.6 Å². The Morgan fingerprint density at radius 1 is 1.08 bits per heavy atom. The number of allylic oxidation sites excluding steroid dienone is 1. The van der Waals surface area contributed by atoms with Crippen molar-refractivity contribution < 1.29 is 28.1 Å². The van der Waals surface area contributed by atoms with E-state index in [0.29, 0.717) is 29.6 Å². The van der Waals surface area contributed by atoms with Crippen LogP contribution in [0.3, 0.4) is 0 Å². The molecule has 0 amide bonds. The maximum absolute atomic E-state index is 12.9. The Bertz CT molecular complexity index is 1530. The molecule has 8 heteroatoms. The summed E-state index contributed by atoms with van der Waals surface area (Å²) in [6.07, 6.45) is 1.69. The van der Waals surface area contributed by atoms with Gasteiger partial charge in [0.25, 0.3) is 0 Å². The Labute approximate surface area is 230 Å². The van der Waals surface area contributed by atoms with Gasteiger partial charge in [-0.25, -0.2) is 8.42 Å². The van der Waals surface area contributed by atoms with Crippen molar-refractivity contribution >= 4 is 21.0 Å². The number of benzene rings is 3. The zero-order valence-electron chi connectivity index (χ0n) is 22.7. The Morgan fingerprint density at radius 3 is 2.54 bits per heavy atom. The number of phenols is 2. The maximum atomic E-state index is 12.9. The summed E-state index contributed by atoms with van der Waals surface area (Å²) in [7, 11) is -3.62. The number of hydrogen-bond donors (Lipinski definition) is 2. The molecule has 5 rings (SSSR count). The zero-order valence-corrected chi connectivity index (χ0v) is 23.5. The molecule has 3 atom stereocenters. The van der Waals surface area contributed by atoms with Gasteiger partial charge in [-0.05, 0) is 91.9 Å². The highest BCUT2D eigenvalue weighted by Crippen LogP contribution is 2.48. The van der Waals surface area contributed by atoms with E-state index in [1.807, 2.05) is 19.1 Å². The molecule has 7 nitrogen and oxygen atoms in total. The van der Waals surface area contributed by atoms with Gasteiger partial charge in [-0.1, -0.05) is 25.1 Å². The van der Waals surface area contributed by atoms with E-state index in [1.54, 1.807) is 48.5 Å². The number of ether oxygens (including phenoxy) is 2. The highest BCUT2D eigenvalue weighted by molar-refractivity contribution is 7.90. The van der Waals surface area contributed by atoms with Crippen molar-refractivity contribution in [1.29, 1.82) is 0 Å². The molecule has 0 bridgehead atoms. The third-order valence-electron chi connectivity index (χ3n) is 7.66. The van der Waals surface area contributed by atoms with Crippen LogP contribution < -0.4 is 9.47 Å². The molecule has 2 N–H and O–H groups in total. The van der Waals surface area contributed by atoms with Gasteiger partial charge < -0.3 is 19.7 Å². The van der Waals surface area contributed by atoms with Crippen LogP contribution in [0.2, 0.25) is 0 Å². The SMILES string of the molecule is CC1=C(c2cccc(O)c2)C(c2ccc(OC[C@H](C)N3CC[C@@H](C)C3)c(S(C)(=O)=O)c2)Oc2ccc(O)cc21. The molecule has 0 aromatic heterocycles. The minimum Gasteiger partial charge on any atom is -0.508 e. The Hall–Kier alpha value is -3.49. The maximum Gasteiger partial charge on any atom is 0.179 e. The van der Waals surface area contributed by atoms with Crippen LogP contribution in [0.4, 0.5) is 0 Å². The monoisotopic (exact) mass is 549 g/mol. The van der Waals surface area contributed by atoms with Gasteiger partial charge in [0.05, 0.1) is 0 Å². The number of fused-ring (bicyclic) bond motifs is 1. The molecule has 2 aliphatic rings. The molecular formula is C31H35NO6S. The number of nitrogens with zero attached hydrogens (tertiary/aromatic N) is 1. The number of aromatic hydroxyl groups is 2. The van der Waals surface area contributed by atoms with E-state index in [-0.39, 0.29) is 22.4 Å². The Kier molecular flexibility index (Phi) is 7.35. The van der Waals surface area contributed by atoms with Crippen molar-refractivity contribution in [2.75, 3.05) is 26.0 Å². The fourth-order valence-electron chi connectivity index (χ4n) is 5.50. The Morgan fingerprint density at radius 2 is 1.85 bits per heavy atom. The van der Waals surface area contributed by atoms with Crippen molar-refractivity contribution in [3.05, 3.63) is 77.4 Å². The third kappa shape index (κ3) is 5.63. The average molecular weight is 550 g/mol. The van der Waals surface area contributed by atoms with Gasteiger partial charge >= 0.3 is 0 Å². The van der Waals surface area contributed by atoms with Gasteiger partial charge in [0.15, 0.2) is 9.84 Å². The molecule has 0 spiro atoms. The van der Waals surface area contributed by atoms with Crippen LogP contribution in [0.1, 0.15) is 50.0 Å². The molecule has 0 saturated carbocycles. The smallest absolute Gasteiger partial charge is 0.179 e. The van der Waals surface area contributed by atoms with Crippen LogP contribution in [0, 0.1) is 5.92 Å². The van der Waals surface area contributed by atoms with E-state index in [1.165, 1.54) is 6.26 Å². The molecule has 2 heterocycles. The van der Waals surface area contributed by atoms with Gasteiger partial charge in [-0.2, -0.15) is 0 Å². The van der Waals surface area contributed by atoms with Crippen molar-refractivity contribution in [1.82, 2.24) is 4.90 Å². The summed E-state index contributed by atoms with van der Waals surface area (Å²) in [6.45, 7) is 8.70. The zero-order chi connectivity index (χ0) is 27.9. The first-order valence-corrected chi connectivity index (χ1v) is 15.1. The van der Waals surface area contributed by atoms with Crippen LogP contribution in [-0.2, 0) is 9.84 Å². The third-order valence-corrected chi connectivity index (χ3v) is 8.78.